The van der Waals surface area contributed by atoms with Crippen LogP contribution < -0.4 is 14.8 Å². The molecule has 1 aliphatic heterocycles. The Balaban J connectivity index is 1.46. The van der Waals surface area contributed by atoms with Crippen molar-refractivity contribution in [2.45, 2.75) is 44.8 Å². The molecule has 1 saturated carbocycles. The molecule has 2 fully saturated rings. The van der Waals surface area contributed by atoms with E-state index in [0.29, 0.717) is 22.3 Å². The minimum Gasteiger partial charge on any atom is -0.493 e. The summed E-state index contributed by atoms with van der Waals surface area (Å²) in [5, 5.41) is 12.5. The van der Waals surface area contributed by atoms with Crippen molar-refractivity contribution in [3.05, 3.63) is 64.9 Å². The van der Waals surface area contributed by atoms with Crippen LogP contribution in [0.25, 0.3) is 6.08 Å². The fourth-order valence-electron chi connectivity index (χ4n) is 4.18. The van der Waals surface area contributed by atoms with Crippen molar-refractivity contribution in [1.82, 2.24) is 10.2 Å². The van der Waals surface area contributed by atoms with Gasteiger partial charge < -0.3 is 19.9 Å². The maximum atomic E-state index is 13.0. The van der Waals surface area contributed by atoms with Crippen LogP contribution >= 0.6 is 12.2 Å². The summed E-state index contributed by atoms with van der Waals surface area (Å²) in [5.74, 6) is 0.0263. The Kier molecular flexibility index (Phi) is 6.93. The van der Waals surface area contributed by atoms with E-state index in [1.807, 2.05) is 6.07 Å². The van der Waals surface area contributed by atoms with Crippen LogP contribution in [0.1, 0.15) is 53.6 Å². The molecule has 7 nitrogen and oxygen atoms in total. The van der Waals surface area contributed by atoms with E-state index in [1.165, 1.54) is 6.42 Å². The topological polar surface area (TPSA) is 88.1 Å². The second-order valence-corrected chi connectivity index (χ2v) is 8.54. The predicted molar refractivity (Wildman–Crippen MR) is 128 cm³/mol. The molecule has 1 amide bonds. The number of methoxy groups -OCH3 is 1. The van der Waals surface area contributed by atoms with Gasteiger partial charge in [-0.25, -0.2) is 4.79 Å². The van der Waals surface area contributed by atoms with Gasteiger partial charge in [0.15, 0.2) is 16.6 Å². The summed E-state index contributed by atoms with van der Waals surface area (Å²) in [5.41, 5.74) is 2.31. The molecular formula is C25H26N2O5S. The molecule has 172 valence electrons. The van der Waals surface area contributed by atoms with Gasteiger partial charge in [0.05, 0.1) is 12.7 Å². The van der Waals surface area contributed by atoms with Gasteiger partial charge in [0.1, 0.15) is 12.3 Å². The molecule has 0 radical (unpaired) electrons. The van der Waals surface area contributed by atoms with Crippen LogP contribution in [0, 0.1) is 0 Å². The van der Waals surface area contributed by atoms with Crippen molar-refractivity contribution in [2.75, 3.05) is 7.11 Å². The number of nitrogens with zero attached hydrogens (tertiary/aromatic N) is 1. The molecule has 2 N–H and O–H groups in total. The normalized spacial score (nSPS) is 17.8. The van der Waals surface area contributed by atoms with E-state index < -0.39 is 5.97 Å². The van der Waals surface area contributed by atoms with Crippen molar-refractivity contribution in [3.63, 3.8) is 0 Å². The van der Waals surface area contributed by atoms with Gasteiger partial charge in [-0.3, -0.25) is 9.69 Å². The predicted octanol–water partition coefficient (Wildman–Crippen LogP) is 4.36. The van der Waals surface area contributed by atoms with E-state index in [0.717, 1.165) is 36.8 Å². The summed E-state index contributed by atoms with van der Waals surface area (Å²) in [6, 6.07) is 12.1. The number of carbonyl (C=O) groups is 2. The zero-order valence-corrected chi connectivity index (χ0v) is 19.2. The molecule has 1 saturated heterocycles. The molecule has 2 aromatic carbocycles. The fourth-order valence-corrected chi connectivity index (χ4v) is 4.53. The molecule has 33 heavy (non-hydrogen) atoms. The van der Waals surface area contributed by atoms with E-state index in [1.54, 1.807) is 54.5 Å². The van der Waals surface area contributed by atoms with Gasteiger partial charge in [0, 0.05) is 6.04 Å². The Labute approximate surface area is 198 Å². The zero-order valence-electron chi connectivity index (χ0n) is 18.4. The van der Waals surface area contributed by atoms with Gasteiger partial charge in [0.25, 0.3) is 5.91 Å². The Morgan fingerprint density at radius 2 is 1.88 bits per heavy atom. The fraction of sp³-hybridized carbons (Fsp3) is 0.320. The third-order valence-electron chi connectivity index (χ3n) is 5.94. The number of carbonyl (C=O) groups excluding carboxylic acids is 1. The lowest BCUT2D eigenvalue weighted by Crippen LogP contribution is -2.41. The van der Waals surface area contributed by atoms with Crippen molar-refractivity contribution in [3.8, 4) is 11.5 Å². The third kappa shape index (κ3) is 5.17. The first kappa shape index (κ1) is 22.8. The number of hydrogen-bond donors (Lipinski definition) is 2. The van der Waals surface area contributed by atoms with Crippen LogP contribution in [0.3, 0.4) is 0 Å². The molecule has 4 rings (SSSR count). The van der Waals surface area contributed by atoms with Crippen LogP contribution in [0.5, 0.6) is 11.5 Å². The summed E-state index contributed by atoms with van der Waals surface area (Å²) in [7, 11) is 1.56. The van der Waals surface area contributed by atoms with E-state index in [2.05, 4.69) is 5.32 Å². The molecule has 1 heterocycles. The standard InChI is InChI=1S/C25H26N2O5S/c1-31-22-14-17(9-12-21(22)32-15-16-7-10-18(11-8-16)24(29)30)13-20-23(28)27(25(33)26-20)19-5-3-2-4-6-19/h7-14,19H,2-6,15H2,1H3,(H,26,33)(H,29,30)/b20-13-. The van der Waals surface area contributed by atoms with Gasteiger partial charge in [-0.05, 0) is 66.5 Å². The van der Waals surface area contributed by atoms with Crippen LogP contribution in [-0.2, 0) is 11.4 Å². The second kappa shape index (κ2) is 10.0. The van der Waals surface area contributed by atoms with E-state index >= 15 is 0 Å². The van der Waals surface area contributed by atoms with Crippen molar-refractivity contribution in [1.29, 1.82) is 0 Å². The molecular weight excluding hydrogens is 440 g/mol. The molecule has 2 aromatic rings. The average Bonchev–Trinajstić information content (AvgIpc) is 3.11. The molecule has 8 heteroatoms. The van der Waals surface area contributed by atoms with Gasteiger partial charge in [-0.15, -0.1) is 0 Å². The largest absolute Gasteiger partial charge is 0.493 e. The first-order chi connectivity index (χ1) is 16.0. The molecule has 0 bridgehead atoms. The second-order valence-electron chi connectivity index (χ2n) is 8.16. The number of aromatic carboxylic acids is 1. The number of amides is 1. The lowest BCUT2D eigenvalue weighted by molar-refractivity contribution is -0.124. The van der Waals surface area contributed by atoms with Gasteiger partial charge in [-0.1, -0.05) is 37.5 Å². The summed E-state index contributed by atoms with van der Waals surface area (Å²) in [6.45, 7) is 0.265. The first-order valence-corrected chi connectivity index (χ1v) is 11.4. The Morgan fingerprint density at radius 3 is 2.55 bits per heavy atom. The molecule has 1 aliphatic carbocycles. The number of hydrogen-bond acceptors (Lipinski definition) is 5. The lowest BCUT2D eigenvalue weighted by Gasteiger charge is -2.29. The quantitative estimate of drug-likeness (QED) is 0.463. The lowest BCUT2D eigenvalue weighted by atomic mass is 9.94. The van der Waals surface area contributed by atoms with Crippen LogP contribution in [-0.4, -0.2) is 40.1 Å². The minimum atomic E-state index is -0.966. The first-order valence-electron chi connectivity index (χ1n) is 11.0. The number of carboxylic acid groups (broad SMARTS) is 1. The van der Waals surface area contributed by atoms with Gasteiger partial charge in [0.2, 0.25) is 0 Å². The molecule has 0 atom stereocenters. The highest BCUT2D eigenvalue weighted by molar-refractivity contribution is 7.80. The van der Waals surface area contributed by atoms with Crippen LogP contribution in [0.2, 0.25) is 0 Å². The average molecular weight is 467 g/mol. The number of ether oxygens (including phenoxy) is 2. The number of rotatable bonds is 7. The monoisotopic (exact) mass is 466 g/mol. The van der Waals surface area contributed by atoms with Crippen molar-refractivity contribution in [2.24, 2.45) is 0 Å². The highest BCUT2D eigenvalue weighted by atomic mass is 32.1. The Bertz CT molecular complexity index is 1090. The van der Waals surface area contributed by atoms with E-state index in [-0.39, 0.29) is 24.1 Å². The maximum Gasteiger partial charge on any atom is 0.335 e. The SMILES string of the molecule is COc1cc(/C=C2\NC(=S)N(C3CCCCC3)C2=O)ccc1OCc1ccc(C(=O)O)cc1. The van der Waals surface area contributed by atoms with Gasteiger partial charge in [-0.2, -0.15) is 0 Å². The number of thiocarbonyl (C=S) groups is 1. The smallest absolute Gasteiger partial charge is 0.335 e. The van der Waals surface area contributed by atoms with E-state index in [9.17, 15) is 9.59 Å². The Hall–Kier alpha value is -3.39. The van der Waals surface area contributed by atoms with Crippen molar-refractivity contribution >= 4 is 35.3 Å². The molecule has 0 spiro atoms. The third-order valence-corrected chi connectivity index (χ3v) is 6.24. The maximum absolute atomic E-state index is 13.0. The highest BCUT2D eigenvalue weighted by Gasteiger charge is 2.36. The zero-order chi connectivity index (χ0) is 23.4. The van der Waals surface area contributed by atoms with E-state index in [4.69, 9.17) is 26.8 Å². The molecule has 0 aromatic heterocycles. The Morgan fingerprint density at radius 1 is 1.15 bits per heavy atom. The molecule has 2 aliphatic rings. The van der Waals surface area contributed by atoms with Crippen LogP contribution in [0.4, 0.5) is 0 Å². The number of benzene rings is 2. The van der Waals surface area contributed by atoms with Gasteiger partial charge >= 0.3 is 5.97 Å². The summed E-state index contributed by atoms with van der Waals surface area (Å²) < 4.78 is 11.3. The minimum absolute atomic E-state index is 0.0870. The highest BCUT2D eigenvalue weighted by Crippen LogP contribution is 2.31. The molecule has 0 unspecified atom stereocenters. The van der Waals surface area contributed by atoms with Crippen molar-refractivity contribution < 1.29 is 24.2 Å². The number of carboxylic acids is 1. The summed E-state index contributed by atoms with van der Waals surface area (Å²) >= 11 is 5.44. The number of nitrogens with one attached hydrogen (secondary N) is 1. The summed E-state index contributed by atoms with van der Waals surface area (Å²) in [6.07, 6.45) is 7.20. The summed E-state index contributed by atoms with van der Waals surface area (Å²) in [4.78, 5) is 25.7. The van der Waals surface area contributed by atoms with Crippen LogP contribution in [0.15, 0.2) is 48.2 Å².